The molecule has 0 spiro atoms. The fourth-order valence-electron chi connectivity index (χ4n) is 2.70. The van der Waals surface area contributed by atoms with E-state index in [1.165, 1.54) is 7.11 Å². The largest absolute Gasteiger partial charge is 0.496 e. The Kier molecular flexibility index (Phi) is 5.66. The number of urea groups is 1. The molecule has 2 amide bonds. The molecule has 1 aliphatic heterocycles. The standard InChI is InChI=1S/C15H16ClF3N2O4/c1-25-12-4-9(16)3-2-8(12)5-20-14(24)21-6-10(13(22)23)11(7-21)15(17,18)19/h2-4,10-11H,5-7H2,1H3,(H,20,24)(H,22,23)/t10-,11-/m1/s1. The molecule has 1 aromatic carbocycles. The second kappa shape index (κ2) is 7.38. The van der Waals surface area contributed by atoms with E-state index in [2.05, 4.69) is 5.32 Å². The van der Waals surface area contributed by atoms with Crippen molar-refractivity contribution in [1.82, 2.24) is 10.2 Å². The first-order valence-corrected chi connectivity index (χ1v) is 7.66. The topological polar surface area (TPSA) is 78.9 Å². The maximum Gasteiger partial charge on any atom is 0.394 e. The second-order valence-corrected chi connectivity index (χ2v) is 6.05. The van der Waals surface area contributed by atoms with E-state index < -0.39 is 43.1 Å². The van der Waals surface area contributed by atoms with Gasteiger partial charge in [-0.1, -0.05) is 17.7 Å². The number of carboxylic acids is 1. The summed E-state index contributed by atoms with van der Waals surface area (Å²) in [5, 5.41) is 11.9. The number of nitrogens with one attached hydrogen (secondary N) is 1. The monoisotopic (exact) mass is 380 g/mol. The van der Waals surface area contributed by atoms with E-state index in [1.807, 2.05) is 0 Å². The SMILES string of the molecule is COc1cc(Cl)ccc1CNC(=O)N1C[C@@H](C(F)(F)F)[C@H](C(=O)O)C1. The van der Waals surface area contributed by atoms with Crippen LogP contribution >= 0.6 is 11.6 Å². The number of carboxylic acid groups (broad SMARTS) is 1. The molecule has 1 aliphatic rings. The summed E-state index contributed by atoms with van der Waals surface area (Å²) in [5.74, 6) is -4.90. The predicted octanol–water partition coefficient (Wildman–Crippen LogP) is 2.75. The van der Waals surface area contributed by atoms with Gasteiger partial charge in [0.15, 0.2) is 0 Å². The summed E-state index contributed by atoms with van der Waals surface area (Å²) >= 11 is 5.83. The van der Waals surface area contributed by atoms with Crippen molar-refractivity contribution in [3.8, 4) is 5.75 Å². The zero-order valence-electron chi connectivity index (χ0n) is 13.1. The maximum absolute atomic E-state index is 12.9. The summed E-state index contributed by atoms with van der Waals surface area (Å²) in [6.45, 7) is -1.18. The van der Waals surface area contributed by atoms with E-state index >= 15 is 0 Å². The minimum atomic E-state index is -4.68. The zero-order chi connectivity index (χ0) is 18.8. The Balaban J connectivity index is 2.03. The highest BCUT2D eigenvalue weighted by atomic mass is 35.5. The highest BCUT2D eigenvalue weighted by molar-refractivity contribution is 6.30. The molecule has 1 aromatic rings. The summed E-state index contributed by atoms with van der Waals surface area (Å²) in [6.07, 6.45) is -4.68. The van der Waals surface area contributed by atoms with Crippen LogP contribution in [-0.2, 0) is 11.3 Å². The van der Waals surface area contributed by atoms with Gasteiger partial charge in [0.1, 0.15) is 5.75 Å². The molecule has 2 atom stereocenters. The Hall–Kier alpha value is -2.16. The molecule has 0 bridgehead atoms. The van der Waals surface area contributed by atoms with Gasteiger partial charge in [0.2, 0.25) is 0 Å². The molecular weight excluding hydrogens is 365 g/mol. The number of ether oxygens (including phenoxy) is 1. The number of amides is 2. The average Bonchev–Trinajstić information content (AvgIpc) is 2.99. The quantitative estimate of drug-likeness (QED) is 0.842. The number of carbonyl (C=O) groups is 2. The number of methoxy groups -OCH3 is 1. The summed E-state index contributed by atoms with van der Waals surface area (Å²) in [5.41, 5.74) is 0.585. The van der Waals surface area contributed by atoms with Crippen molar-refractivity contribution < 1.29 is 32.6 Å². The number of halogens is 4. The third-order valence-corrected chi connectivity index (χ3v) is 4.26. The molecule has 0 unspecified atom stereocenters. The lowest BCUT2D eigenvalue weighted by Gasteiger charge is -2.19. The van der Waals surface area contributed by atoms with E-state index in [9.17, 15) is 22.8 Å². The smallest absolute Gasteiger partial charge is 0.394 e. The van der Waals surface area contributed by atoms with Gasteiger partial charge >= 0.3 is 18.2 Å². The normalized spacial score (nSPS) is 20.4. The van der Waals surface area contributed by atoms with Gasteiger partial charge in [0.05, 0.1) is 18.9 Å². The van der Waals surface area contributed by atoms with Gasteiger partial charge in [-0.2, -0.15) is 13.2 Å². The first-order chi connectivity index (χ1) is 11.6. The van der Waals surface area contributed by atoms with Crippen LogP contribution in [0.1, 0.15) is 5.56 Å². The molecule has 1 heterocycles. The van der Waals surface area contributed by atoms with E-state index in [0.717, 1.165) is 4.90 Å². The number of hydrogen-bond acceptors (Lipinski definition) is 3. The van der Waals surface area contributed by atoms with Gasteiger partial charge < -0.3 is 20.1 Å². The van der Waals surface area contributed by atoms with Gasteiger partial charge in [0, 0.05) is 30.2 Å². The number of benzene rings is 1. The molecule has 10 heteroatoms. The maximum atomic E-state index is 12.9. The molecule has 0 saturated carbocycles. The molecule has 6 nitrogen and oxygen atoms in total. The van der Waals surface area contributed by atoms with Gasteiger partial charge in [-0.05, 0) is 12.1 Å². The molecular formula is C15H16ClF3N2O4. The minimum Gasteiger partial charge on any atom is -0.496 e. The number of likely N-dealkylation sites (tertiary alicyclic amines) is 1. The Bertz CT molecular complexity index is 669. The van der Waals surface area contributed by atoms with E-state index in [4.69, 9.17) is 21.4 Å². The number of hydrogen-bond donors (Lipinski definition) is 2. The lowest BCUT2D eigenvalue weighted by atomic mass is 9.96. The van der Waals surface area contributed by atoms with Gasteiger partial charge in [0.25, 0.3) is 0 Å². The molecule has 0 aromatic heterocycles. The second-order valence-electron chi connectivity index (χ2n) is 5.61. The summed E-state index contributed by atoms with van der Waals surface area (Å²) < 4.78 is 44.0. The fraction of sp³-hybridized carbons (Fsp3) is 0.467. The third kappa shape index (κ3) is 4.47. The van der Waals surface area contributed by atoms with Crippen molar-refractivity contribution in [2.75, 3.05) is 20.2 Å². The molecule has 0 radical (unpaired) electrons. The molecule has 2 rings (SSSR count). The van der Waals surface area contributed by atoms with Gasteiger partial charge in [-0.3, -0.25) is 4.79 Å². The van der Waals surface area contributed by atoms with Gasteiger partial charge in [-0.25, -0.2) is 4.79 Å². The van der Waals surface area contributed by atoms with Crippen LogP contribution in [-0.4, -0.2) is 48.4 Å². The Morgan fingerprint density at radius 2 is 2.08 bits per heavy atom. The first kappa shape index (κ1) is 19.2. The van der Waals surface area contributed by atoms with Crippen molar-refractivity contribution in [3.63, 3.8) is 0 Å². The van der Waals surface area contributed by atoms with Crippen LogP contribution in [0.2, 0.25) is 5.02 Å². The van der Waals surface area contributed by atoms with Crippen molar-refractivity contribution in [2.45, 2.75) is 12.7 Å². The van der Waals surface area contributed by atoms with Crippen molar-refractivity contribution >= 4 is 23.6 Å². The predicted molar refractivity (Wildman–Crippen MR) is 82.5 cm³/mol. The first-order valence-electron chi connectivity index (χ1n) is 7.28. The zero-order valence-corrected chi connectivity index (χ0v) is 13.9. The van der Waals surface area contributed by atoms with Crippen LogP contribution in [0.15, 0.2) is 18.2 Å². The summed E-state index contributed by atoms with van der Waals surface area (Å²) in [7, 11) is 1.42. The van der Waals surface area contributed by atoms with E-state index in [-0.39, 0.29) is 6.54 Å². The third-order valence-electron chi connectivity index (χ3n) is 4.02. The summed E-state index contributed by atoms with van der Waals surface area (Å²) in [4.78, 5) is 24.0. The van der Waals surface area contributed by atoms with Gasteiger partial charge in [-0.15, -0.1) is 0 Å². The number of rotatable bonds is 4. The molecule has 25 heavy (non-hydrogen) atoms. The molecule has 138 valence electrons. The van der Waals surface area contributed by atoms with Crippen LogP contribution in [0, 0.1) is 11.8 Å². The van der Waals surface area contributed by atoms with Crippen LogP contribution in [0.3, 0.4) is 0 Å². The molecule has 1 saturated heterocycles. The van der Waals surface area contributed by atoms with Crippen molar-refractivity contribution in [2.24, 2.45) is 11.8 Å². The van der Waals surface area contributed by atoms with Crippen LogP contribution in [0.25, 0.3) is 0 Å². The number of aliphatic carboxylic acids is 1. The molecule has 1 fully saturated rings. The Labute approximate surface area is 146 Å². The van der Waals surface area contributed by atoms with Crippen LogP contribution in [0.5, 0.6) is 5.75 Å². The lowest BCUT2D eigenvalue weighted by Crippen LogP contribution is -2.39. The van der Waals surface area contributed by atoms with Crippen LogP contribution in [0.4, 0.5) is 18.0 Å². The van der Waals surface area contributed by atoms with E-state index in [1.54, 1.807) is 18.2 Å². The van der Waals surface area contributed by atoms with Crippen molar-refractivity contribution in [1.29, 1.82) is 0 Å². The van der Waals surface area contributed by atoms with Crippen LogP contribution < -0.4 is 10.1 Å². The minimum absolute atomic E-state index is 0.00407. The van der Waals surface area contributed by atoms with E-state index in [0.29, 0.717) is 16.3 Å². The number of nitrogens with zero attached hydrogens (tertiary/aromatic N) is 1. The fourth-order valence-corrected chi connectivity index (χ4v) is 2.86. The number of alkyl halides is 3. The average molecular weight is 381 g/mol. The highest BCUT2D eigenvalue weighted by Gasteiger charge is 2.53. The highest BCUT2D eigenvalue weighted by Crippen LogP contribution is 2.37. The number of carbonyl (C=O) groups excluding carboxylic acids is 1. The van der Waals surface area contributed by atoms with Crippen molar-refractivity contribution in [3.05, 3.63) is 28.8 Å². The Morgan fingerprint density at radius 3 is 2.60 bits per heavy atom. The lowest BCUT2D eigenvalue weighted by molar-refractivity contribution is -0.187. The summed E-state index contributed by atoms with van der Waals surface area (Å²) in [6, 6.07) is 3.97. The Morgan fingerprint density at radius 1 is 1.40 bits per heavy atom. The molecule has 0 aliphatic carbocycles. The molecule has 2 N–H and O–H groups in total.